The molecule has 32 heavy (non-hydrogen) atoms. The Bertz CT molecular complexity index is 1150. The van der Waals surface area contributed by atoms with Gasteiger partial charge >= 0.3 is 0 Å². The Hall–Kier alpha value is -3.54. The minimum Gasteiger partial charge on any atom is -0.356 e. The molecule has 0 N–H and O–H groups in total. The van der Waals surface area contributed by atoms with Crippen LogP contribution in [0, 0.1) is 6.92 Å². The predicted octanol–water partition coefficient (Wildman–Crippen LogP) is 5.20. The van der Waals surface area contributed by atoms with Crippen LogP contribution in [0.2, 0.25) is 0 Å². The van der Waals surface area contributed by atoms with Crippen LogP contribution in [0.15, 0.2) is 71.6 Å². The van der Waals surface area contributed by atoms with E-state index in [1.54, 1.807) is 6.20 Å². The van der Waals surface area contributed by atoms with E-state index < -0.39 is 0 Å². The number of hydrogen-bond donors (Lipinski definition) is 0. The van der Waals surface area contributed by atoms with E-state index in [-0.39, 0.29) is 5.92 Å². The van der Waals surface area contributed by atoms with Gasteiger partial charge in [-0.25, -0.2) is 4.98 Å². The van der Waals surface area contributed by atoms with Gasteiger partial charge in [-0.05, 0) is 68.0 Å². The minimum absolute atomic E-state index is 0.0700. The maximum Gasteiger partial charge on any atom is 0.257 e. The van der Waals surface area contributed by atoms with Crippen molar-refractivity contribution in [2.24, 2.45) is 0 Å². The number of nitrogens with zero attached hydrogens (tertiary/aromatic N) is 5. The van der Waals surface area contributed by atoms with Gasteiger partial charge in [-0.15, -0.1) is 0 Å². The van der Waals surface area contributed by atoms with Crippen LogP contribution in [0.1, 0.15) is 47.7 Å². The Morgan fingerprint density at radius 3 is 2.56 bits per heavy atom. The lowest BCUT2D eigenvalue weighted by Crippen LogP contribution is -2.31. The molecule has 162 valence electrons. The average Bonchev–Trinajstić information content (AvgIpc) is 3.34. The van der Waals surface area contributed by atoms with E-state index in [0.717, 1.165) is 36.5 Å². The zero-order valence-electron chi connectivity index (χ0n) is 18.3. The summed E-state index contributed by atoms with van der Waals surface area (Å²) in [5.41, 5.74) is 4.39. The number of rotatable bonds is 6. The summed E-state index contributed by atoms with van der Waals surface area (Å²) in [6.07, 6.45) is 10.0. The molecule has 0 saturated carbocycles. The third kappa shape index (κ3) is 4.40. The van der Waals surface area contributed by atoms with Crippen molar-refractivity contribution in [3.63, 3.8) is 0 Å². The van der Waals surface area contributed by atoms with Gasteiger partial charge in [0.15, 0.2) is 5.82 Å². The molecule has 0 aliphatic carbocycles. The van der Waals surface area contributed by atoms with E-state index in [9.17, 15) is 0 Å². The van der Waals surface area contributed by atoms with E-state index >= 15 is 0 Å². The van der Waals surface area contributed by atoms with E-state index in [4.69, 9.17) is 14.5 Å². The summed E-state index contributed by atoms with van der Waals surface area (Å²) in [4.78, 5) is 16.3. The van der Waals surface area contributed by atoms with Gasteiger partial charge in [0, 0.05) is 37.2 Å². The Morgan fingerprint density at radius 2 is 1.78 bits per heavy atom. The first-order valence-electron chi connectivity index (χ1n) is 11.3. The molecule has 1 aliphatic rings. The molecule has 0 bridgehead atoms. The zero-order valence-corrected chi connectivity index (χ0v) is 18.3. The fourth-order valence-electron chi connectivity index (χ4n) is 4.33. The van der Waals surface area contributed by atoms with Crippen LogP contribution in [-0.4, -0.2) is 33.2 Å². The van der Waals surface area contributed by atoms with Gasteiger partial charge in [-0.1, -0.05) is 35.0 Å². The van der Waals surface area contributed by atoms with Gasteiger partial charge in [-0.2, -0.15) is 4.98 Å². The smallest absolute Gasteiger partial charge is 0.257 e. The molecule has 0 amide bonds. The molecule has 1 saturated heterocycles. The summed E-state index contributed by atoms with van der Waals surface area (Å²) in [6, 6.07) is 16.4. The summed E-state index contributed by atoms with van der Waals surface area (Å²) in [5.74, 6) is 2.21. The maximum absolute atomic E-state index is 5.67. The van der Waals surface area contributed by atoms with Gasteiger partial charge in [-0.3, -0.25) is 4.98 Å². The van der Waals surface area contributed by atoms with Crippen molar-refractivity contribution in [3.8, 4) is 11.5 Å². The second-order valence-corrected chi connectivity index (χ2v) is 8.40. The van der Waals surface area contributed by atoms with E-state index in [1.165, 1.54) is 30.4 Å². The quantitative estimate of drug-likeness (QED) is 0.423. The van der Waals surface area contributed by atoms with E-state index in [1.807, 2.05) is 36.7 Å². The Kier molecular flexibility index (Phi) is 5.92. The first-order chi connectivity index (χ1) is 15.8. The molecule has 1 unspecified atom stereocenters. The maximum atomic E-state index is 5.67. The van der Waals surface area contributed by atoms with Crippen LogP contribution in [0.3, 0.4) is 0 Å². The van der Waals surface area contributed by atoms with Gasteiger partial charge < -0.3 is 9.42 Å². The van der Waals surface area contributed by atoms with Crippen molar-refractivity contribution < 1.29 is 4.52 Å². The van der Waals surface area contributed by atoms with Crippen molar-refractivity contribution >= 4 is 5.82 Å². The highest BCUT2D eigenvalue weighted by atomic mass is 16.5. The molecule has 1 aromatic carbocycles. The van der Waals surface area contributed by atoms with Crippen LogP contribution < -0.4 is 4.90 Å². The van der Waals surface area contributed by atoms with Crippen LogP contribution in [0.4, 0.5) is 5.82 Å². The lowest BCUT2D eigenvalue weighted by molar-refractivity contribution is 0.419. The second kappa shape index (κ2) is 9.30. The lowest BCUT2D eigenvalue weighted by atomic mass is 9.92. The molecule has 0 radical (unpaired) electrons. The highest BCUT2D eigenvalue weighted by molar-refractivity contribution is 5.53. The predicted molar refractivity (Wildman–Crippen MR) is 125 cm³/mol. The summed E-state index contributed by atoms with van der Waals surface area (Å²) >= 11 is 0. The molecular weight excluding hydrogens is 398 g/mol. The van der Waals surface area contributed by atoms with Crippen molar-refractivity contribution in [3.05, 3.63) is 89.6 Å². The number of pyridine rings is 2. The van der Waals surface area contributed by atoms with Gasteiger partial charge in [0.05, 0.1) is 5.92 Å². The topological polar surface area (TPSA) is 67.9 Å². The average molecular weight is 426 g/mol. The minimum atomic E-state index is -0.0700. The number of anilines is 1. The molecule has 3 aromatic heterocycles. The van der Waals surface area contributed by atoms with Crippen LogP contribution in [-0.2, 0) is 6.42 Å². The summed E-state index contributed by atoms with van der Waals surface area (Å²) < 4.78 is 5.67. The Balaban J connectivity index is 1.49. The van der Waals surface area contributed by atoms with E-state index in [0.29, 0.717) is 11.7 Å². The van der Waals surface area contributed by atoms with Crippen molar-refractivity contribution in [1.82, 2.24) is 20.1 Å². The summed E-state index contributed by atoms with van der Waals surface area (Å²) in [6.45, 7) is 4.18. The second-order valence-electron chi connectivity index (χ2n) is 8.40. The lowest BCUT2D eigenvalue weighted by Gasteiger charge is -2.30. The normalized spacial score (nSPS) is 15.0. The third-order valence-electron chi connectivity index (χ3n) is 6.09. The highest BCUT2D eigenvalue weighted by Gasteiger charge is 2.25. The molecule has 6 heteroatoms. The zero-order chi connectivity index (χ0) is 21.8. The van der Waals surface area contributed by atoms with Crippen LogP contribution >= 0.6 is 0 Å². The number of aryl methyl sites for hydroxylation is 1. The van der Waals surface area contributed by atoms with Crippen molar-refractivity contribution in [1.29, 1.82) is 0 Å². The Morgan fingerprint density at radius 1 is 0.969 bits per heavy atom. The van der Waals surface area contributed by atoms with Gasteiger partial charge in [0.1, 0.15) is 5.82 Å². The van der Waals surface area contributed by atoms with E-state index in [2.05, 4.69) is 46.2 Å². The third-order valence-corrected chi connectivity index (χ3v) is 6.09. The first-order valence-corrected chi connectivity index (χ1v) is 11.3. The molecule has 1 atom stereocenters. The van der Waals surface area contributed by atoms with Gasteiger partial charge in [0.2, 0.25) is 0 Å². The molecule has 1 aliphatic heterocycles. The number of aromatic nitrogens is 4. The van der Waals surface area contributed by atoms with Crippen molar-refractivity contribution in [2.45, 2.75) is 38.5 Å². The molecule has 6 nitrogen and oxygen atoms in total. The molecule has 5 rings (SSSR count). The first kappa shape index (κ1) is 20.4. The van der Waals surface area contributed by atoms with Crippen LogP contribution in [0.25, 0.3) is 11.5 Å². The van der Waals surface area contributed by atoms with Crippen LogP contribution in [0.5, 0.6) is 0 Å². The fraction of sp³-hybridized carbons (Fsp3) is 0.308. The van der Waals surface area contributed by atoms with Gasteiger partial charge in [0.25, 0.3) is 5.89 Å². The number of benzene rings is 1. The monoisotopic (exact) mass is 425 g/mol. The standard InChI is InChI=1S/C26H27N5O/c1-19-9-11-20(12-10-19)26-29-24(30-32-26)23(22-8-5-13-27-18-22)17-21-7-6-14-28-25(21)31-15-3-2-4-16-31/h5-14,18,23H,2-4,15-17H2,1H3. The molecule has 0 spiro atoms. The Labute approximate surface area is 188 Å². The molecule has 1 fully saturated rings. The number of piperidine rings is 1. The molecular formula is C26H27N5O. The largest absolute Gasteiger partial charge is 0.356 e. The number of hydrogen-bond acceptors (Lipinski definition) is 6. The summed E-state index contributed by atoms with van der Waals surface area (Å²) in [7, 11) is 0. The molecule has 4 aromatic rings. The summed E-state index contributed by atoms with van der Waals surface area (Å²) in [5, 5.41) is 4.38. The SMILES string of the molecule is Cc1ccc(-c2nc(C(Cc3cccnc3N3CCCCC3)c3cccnc3)no2)cc1. The van der Waals surface area contributed by atoms with Crippen molar-refractivity contribution in [2.75, 3.05) is 18.0 Å². The molecule has 4 heterocycles. The fourth-order valence-corrected chi connectivity index (χ4v) is 4.33. The highest BCUT2D eigenvalue weighted by Crippen LogP contribution is 2.32.